The predicted octanol–water partition coefficient (Wildman–Crippen LogP) is 2.34. The molecule has 1 aromatic carbocycles. The molecule has 1 aliphatic heterocycles. The number of anilines is 1. The highest BCUT2D eigenvalue weighted by Crippen LogP contribution is 2.21. The molecular weight excluding hydrogens is 316 g/mol. The molecule has 0 spiro atoms. The zero-order valence-electron chi connectivity index (χ0n) is 14.2. The van der Waals surface area contributed by atoms with Crippen molar-refractivity contribution in [2.45, 2.75) is 6.92 Å². The summed E-state index contributed by atoms with van der Waals surface area (Å²) in [6.45, 7) is 7.35. The summed E-state index contributed by atoms with van der Waals surface area (Å²) in [6, 6.07) is 13.6. The molecule has 0 aliphatic carbocycles. The SMILES string of the molecule is CCN1CCN(c2ccc(-c3nc(-c4ccccc4)no3)nn2)CC1. The van der Waals surface area contributed by atoms with E-state index in [0.717, 1.165) is 44.1 Å². The minimum absolute atomic E-state index is 0.383. The van der Waals surface area contributed by atoms with Crippen LogP contribution in [0.4, 0.5) is 5.82 Å². The Labute approximate surface area is 146 Å². The van der Waals surface area contributed by atoms with E-state index in [9.17, 15) is 0 Å². The normalized spacial score (nSPS) is 15.5. The Bertz CT molecular complexity index is 809. The minimum atomic E-state index is 0.383. The van der Waals surface area contributed by atoms with Crippen LogP contribution in [-0.2, 0) is 0 Å². The second-order valence-corrected chi connectivity index (χ2v) is 5.99. The van der Waals surface area contributed by atoms with Gasteiger partial charge in [-0.1, -0.05) is 42.4 Å². The summed E-state index contributed by atoms with van der Waals surface area (Å²) < 4.78 is 5.34. The number of hydrogen-bond acceptors (Lipinski definition) is 7. The van der Waals surface area contributed by atoms with Crippen LogP contribution >= 0.6 is 0 Å². The average Bonchev–Trinajstić information content (AvgIpc) is 3.19. The molecule has 0 amide bonds. The number of likely N-dealkylation sites (N-methyl/N-ethyl adjacent to an activating group) is 1. The van der Waals surface area contributed by atoms with Crippen LogP contribution in [0, 0.1) is 0 Å². The number of rotatable bonds is 4. The van der Waals surface area contributed by atoms with Gasteiger partial charge in [0.25, 0.3) is 5.89 Å². The van der Waals surface area contributed by atoms with Crippen LogP contribution in [0.1, 0.15) is 6.92 Å². The first-order valence-electron chi connectivity index (χ1n) is 8.54. The van der Waals surface area contributed by atoms with Crippen molar-refractivity contribution in [1.29, 1.82) is 0 Å². The summed E-state index contributed by atoms with van der Waals surface area (Å²) in [5.74, 6) is 1.83. The van der Waals surface area contributed by atoms with Gasteiger partial charge in [-0.05, 0) is 18.7 Å². The van der Waals surface area contributed by atoms with Crippen molar-refractivity contribution in [3.63, 3.8) is 0 Å². The third-order valence-electron chi connectivity index (χ3n) is 4.47. The van der Waals surface area contributed by atoms with E-state index in [1.807, 2.05) is 42.5 Å². The molecule has 4 rings (SSSR count). The fraction of sp³-hybridized carbons (Fsp3) is 0.333. The maximum Gasteiger partial charge on any atom is 0.278 e. The Kier molecular flexibility index (Phi) is 4.39. The van der Waals surface area contributed by atoms with Crippen molar-refractivity contribution in [2.75, 3.05) is 37.6 Å². The van der Waals surface area contributed by atoms with E-state index >= 15 is 0 Å². The first-order valence-corrected chi connectivity index (χ1v) is 8.54. The molecule has 0 atom stereocenters. The number of piperazine rings is 1. The maximum absolute atomic E-state index is 5.34. The lowest BCUT2D eigenvalue weighted by molar-refractivity contribution is 0.270. The summed E-state index contributed by atoms with van der Waals surface area (Å²) in [5, 5.41) is 12.6. The molecule has 0 radical (unpaired) electrons. The van der Waals surface area contributed by atoms with Crippen LogP contribution < -0.4 is 4.90 Å². The predicted molar refractivity (Wildman–Crippen MR) is 95.1 cm³/mol. The molecule has 1 fully saturated rings. The molecule has 3 heterocycles. The molecule has 0 bridgehead atoms. The van der Waals surface area contributed by atoms with E-state index in [2.05, 4.69) is 37.1 Å². The molecular formula is C18H20N6O. The Morgan fingerprint density at radius 3 is 2.44 bits per heavy atom. The van der Waals surface area contributed by atoms with Crippen LogP contribution in [0.5, 0.6) is 0 Å². The molecule has 2 aromatic heterocycles. The minimum Gasteiger partial charge on any atom is -0.353 e. The highest BCUT2D eigenvalue weighted by atomic mass is 16.5. The van der Waals surface area contributed by atoms with Gasteiger partial charge in [0, 0.05) is 31.7 Å². The second-order valence-electron chi connectivity index (χ2n) is 5.99. The van der Waals surface area contributed by atoms with Gasteiger partial charge < -0.3 is 14.3 Å². The van der Waals surface area contributed by atoms with Crippen molar-refractivity contribution in [1.82, 2.24) is 25.2 Å². The van der Waals surface area contributed by atoms with Gasteiger partial charge in [0.05, 0.1) is 0 Å². The van der Waals surface area contributed by atoms with Crippen LogP contribution in [0.15, 0.2) is 47.0 Å². The van der Waals surface area contributed by atoms with Gasteiger partial charge in [-0.15, -0.1) is 10.2 Å². The van der Waals surface area contributed by atoms with E-state index in [0.29, 0.717) is 17.4 Å². The van der Waals surface area contributed by atoms with Crippen LogP contribution in [0.25, 0.3) is 23.0 Å². The molecule has 0 unspecified atom stereocenters. The average molecular weight is 336 g/mol. The largest absolute Gasteiger partial charge is 0.353 e. The quantitative estimate of drug-likeness (QED) is 0.724. The van der Waals surface area contributed by atoms with Gasteiger partial charge >= 0.3 is 0 Å². The van der Waals surface area contributed by atoms with Crippen molar-refractivity contribution >= 4 is 5.82 Å². The fourth-order valence-corrected chi connectivity index (χ4v) is 2.93. The molecule has 25 heavy (non-hydrogen) atoms. The van der Waals surface area contributed by atoms with Crippen molar-refractivity contribution in [3.05, 3.63) is 42.5 Å². The number of hydrogen-bond donors (Lipinski definition) is 0. The van der Waals surface area contributed by atoms with Gasteiger partial charge in [0.2, 0.25) is 5.82 Å². The van der Waals surface area contributed by atoms with Crippen LogP contribution in [0.2, 0.25) is 0 Å². The molecule has 128 valence electrons. The number of nitrogens with zero attached hydrogens (tertiary/aromatic N) is 6. The molecule has 1 aliphatic rings. The summed E-state index contributed by atoms with van der Waals surface area (Å²) in [7, 11) is 0. The van der Waals surface area contributed by atoms with Crippen LogP contribution in [-0.4, -0.2) is 58.0 Å². The van der Waals surface area contributed by atoms with E-state index in [-0.39, 0.29) is 0 Å². The lowest BCUT2D eigenvalue weighted by Crippen LogP contribution is -2.46. The lowest BCUT2D eigenvalue weighted by Gasteiger charge is -2.34. The summed E-state index contributed by atoms with van der Waals surface area (Å²) in [5.41, 5.74) is 1.50. The standard InChI is InChI=1S/C18H20N6O/c1-2-23-10-12-24(13-11-23)16-9-8-15(20-21-16)18-19-17(22-25-18)14-6-4-3-5-7-14/h3-9H,2,10-13H2,1H3. The Morgan fingerprint density at radius 2 is 1.76 bits per heavy atom. The van der Waals surface area contributed by atoms with E-state index < -0.39 is 0 Å². The Hall–Kier alpha value is -2.80. The summed E-state index contributed by atoms with van der Waals surface area (Å²) in [6.07, 6.45) is 0. The maximum atomic E-state index is 5.34. The molecule has 7 heteroatoms. The first kappa shape index (κ1) is 15.7. The Morgan fingerprint density at radius 1 is 0.960 bits per heavy atom. The zero-order valence-corrected chi connectivity index (χ0v) is 14.2. The van der Waals surface area contributed by atoms with E-state index in [1.54, 1.807) is 0 Å². The van der Waals surface area contributed by atoms with Gasteiger partial charge in [0.1, 0.15) is 0 Å². The first-order chi connectivity index (χ1) is 12.3. The van der Waals surface area contributed by atoms with Crippen LogP contribution in [0.3, 0.4) is 0 Å². The zero-order chi connectivity index (χ0) is 17.1. The number of benzene rings is 1. The molecule has 7 nitrogen and oxygen atoms in total. The van der Waals surface area contributed by atoms with Crippen molar-refractivity contribution < 1.29 is 4.52 Å². The summed E-state index contributed by atoms with van der Waals surface area (Å²) in [4.78, 5) is 9.10. The Balaban J connectivity index is 1.48. The summed E-state index contributed by atoms with van der Waals surface area (Å²) >= 11 is 0. The molecule has 1 saturated heterocycles. The monoisotopic (exact) mass is 336 g/mol. The highest BCUT2D eigenvalue weighted by Gasteiger charge is 2.18. The fourth-order valence-electron chi connectivity index (χ4n) is 2.93. The van der Waals surface area contributed by atoms with Crippen molar-refractivity contribution in [2.24, 2.45) is 0 Å². The van der Waals surface area contributed by atoms with Gasteiger partial charge in [-0.2, -0.15) is 4.98 Å². The molecule has 0 saturated carbocycles. The van der Waals surface area contributed by atoms with E-state index in [4.69, 9.17) is 4.52 Å². The smallest absolute Gasteiger partial charge is 0.278 e. The highest BCUT2D eigenvalue weighted by molar-refractivity contribution is 5.58. The topological polar surface area (TPSA) is 71.2 Å². The molecule has 0 N–H and O–H groups in total. The third-order valence-corrected chi connectivity index (χ3v) is 4.47. The van der Waals surface area contributed by atoms with Gasteiger partial charge in [0.15, 0.2) is 11.5 Å². The molecule has 3 aromatic rings. The van der Waals surface area contributed by atoms with Gasteiger partial charge in [-0.25, -0.2) is 0 Å². The third kappa shape index (κ3) is 3.36. The number of aromatic nitrogens is 4. The van der Waals surface area contributed by atoms with Gasteiger partial charge in [-0.3, -0.25) is 0 Å². The van der Waals surface area contributed by atoms with E-state index in [1.165, 1.54) is 0 Å². The lowest BCUT2D eigenvalue weighted by atomic mass is 10.2. The second kappa shape index (κ2) is 6.98. The van der Waals surface area contributed by atoms with Crippen molar-refractivity contribution in [3.8, 4) is 23.0 Å².